The van der Waals surface area contributed by atoms with Gasteiger partial charge >= 0.3 is 0 Å². The number of rotatable bonds is 5. The summed E-state index contributed by atoms with van der Waals surface area (Å²) in [5, 5.41) is 7.49. The molecule has 0 amide bonds. The van der Waals surface area contributed by atoms with Crippen molar-refractivity contribution in [3.05, 3.63) is 51.7 Å². The monoisotopic (exact) mass is 434 g/mol. The molecule has 0 spiro atoms. The summed E-state index contributed by atoms with van der Waals surface area (Å²) in [4.78, 5) is 9.66. The minimum Gasteiger partial charge on any atom is -0.356 e. The van der Waals surface area contributed by atoms with Crippen LogP contribution in [0.3, 0.4) is 0 Å². The smallest absolute Gasteiger partial charge is 0.191 e. The Balaban J connectivity index is 0.00000242. The molecule has 1 aromatic carbocycles. The quantitative estimate of drug-likeness (QED) is 0.432. The number of aliphatic imine (C=N–C) groups is 1. The van der Waals surface area contributed by atoms with Crippen LogP contribution in [0.5, 0.6) is 0 Å². The van der Waals surface area contributed by atoms with Gasteiger partial charge in [0, 0.05) is 24.7 Å². The van der Waals surface area contributed by atoms with Crippen LogP contribution in [0.2, 0.25) is 0 Å². The third kappa shape index (κ3) is 6.27. The van der Waals surface area contributed by atoms with E-state index in [9.17, 15) is 4.39 Å². The molecule has 22 heavy (non-hydrogen) atoms. The minimum absolute atomic E-state index is 0. The van der Waals surface area contributed by atoms with Crippen molar-refractivity contribution < 1.29 is 4.39 Å². The maximum atomic E-state index is 12.8. The van der Waals surface area contributed by atoms with Crippen LogP contribution in [0, 0.1) is 12.7 Å². The molecule has 1 aromatic heterocycles. The first-order valence-electron chi connectivity index (χ1n) is 6.77. The van der Waals surface area contributed by atoms with Gasteiger partial charge in [-0.1, -0.05) is 12.1 Å². The zero-order valence-electron chi connectivity index (χ0n) is 12.6. The lowest BCUT2D eigenvalue weighted by molar-refractivity contribution is 0.626. The number of aromatic nitrogens is 1. The van der Waals surface area contributed by atoms with Gasteiger partial charge in [-0.05, 0) is 31.0 Å². The summed E-state index contributed by atoms with van der Waals surface area (Å²) < 4.78 is 12.8. The molecule has 0 saturated carbocycles. The van der Waals surface area contributed by atoms with E-state index in [2.05, 4.69) is 20.6 Å². The molecular formula is C15H20FIN4S. The van der Waals surface area contributed by atoms with Crippen molar-refractivity contribution in [1.82, 2.24) is 15.6 Å². The summed E-state index contributed by atoms with van der Waals surface area (Å²) in [6.45, 7) is 3.44. The molecule has 2 rings (SSSR count). The average molecular weight is 434 g/mol. The first kappa shape index (κ1) is 18.8. The molecule has 120 valence electrons. The number of halogens is 2. The highest BCUT2D eigenvalue weighted by molar-refractivity contribution is 14.0. The molecule has 4 nitrogen and oxygen atoms in total. The van der Waals surface area contributed by atoms with Gasteiger partial charge in [-0.15, -0.1) is 35.3 Å². The van der Waals surface area contributed by atoms with Crippen LogP contribution in [0.15, 0.2) is 35.5 Å². The molecule has 7 heteroatoms. The molecule has 0 aliphatic heterocycles. The van der Waals surface area contributed by atoms with E-state index in [0.717, 1.165) is 29.5 Å². The second-order valence-electron chi connectivity index (χ2n) is 4.59. The van der Waals surface area contributed by atoms with Crippen molar-refractivity contribution in [3.8, 4) is 0 Å². The highest BCUT2D eigenvalue weighted by Gasteiger charge is 2.01. The second kappa shape index (κ2) is 9.73. The third-order valence-electron chi connectivity index (χ3n) is 2.92. The van der Waals surface area contributed by atoms with Gasteiger partial charge in [-0.25, -0.2) is 9.37 Å². The van der Waals surface area contributed by atoms with Crippen molar-refractivity contribution >= 4 is 41.3 Å². The summed E-state index contributed by atoms with van der Waals surface area (Å²) >= 11 is 1.67. The summed E-state index contributed by atoms with van der Waals surface area (Å²) in [5.74, 6) is 0.535. The van der Waals surface area contributed by atoms with E-state index in [1.165, 1.54) is 17.0 Å². The van der Waals surface area contributed by atoms with E-state index in [-0.39, 0.29) is 29.8 Å². The van der Waals surface area contributed by atoms with E-state index in [4.69, 9.17) is 0 Å². The molecule has 1 heterocycles. The molecule has 2 N–H and O–H groups in total. The van der Waals surface area contributed by atoms with Crippen LogP contribution in [-0.2, 0) is 13.0 Å². The highest BCUT2D eigenvalue weighted by atomic mass is 127. The molecule has 0 fully saturated rings. The Morgan fingerprint density at radius 3 is 2.59 bits per heavy atom. The number of benzene rings is 1. The maximum absolute atomic E-state index is 12.8. The van der Waals surface area contributed by atoms with Crippen LogP contribution in [0.25, 0.3) is 0 Å². The molecule has 0 bridgehead atoms. The Morgan fingerprint density at radius 1 is 1.27 bits per heavy atom. The van der Waals surface area contributed by atoms with Gasteiger partial charge < -0.3 is 10.6 Å². The van der Waals surface area contributed by atoms with Crippen LogP contribution in [0.1, 0.15) is 15.4 Å². The molecule has 0 unspecified atom stereocenters. The van der Waals surface area contributed by atoms with Gasteiger partial charge in [-0.2, -0.15) is 0 Å². The number of thiazole rings is 1. The van der Waals surface area contributed by atoms with Crippen molar-refractivity contribution in [3.63, 3.8) is 0 Å². The third-order valence-corrected chi connectivity index (χ3v) is 3.83. The minimum atomic E-state index is -0.206. The fourth-order valence-electron chi connectivity index (χ4n) is 1.84. The summed E-state index contributed by atoms with van der Waals surface area (Å²) in [6.07, 6.45) is 2.68. The number of aryl methyl sites for hydroxylation is 1. The van der Waals surface area contributed by atoms with E-state index in [1.807, 2.05) is 13.1 Å². The highest BCUT2D eigenvalue weighted by Crippen LogP contribution is 2.10. The summed E-state index contributed by atoms with van der Waals surface area (Å²) in [7, 11) is 1.74. The van der Waals surface area contributed by atoms with Crippen LogP contribution >= 0.6 is 35.3 Å². The average Bonchev–Trinajstić information content (AvgIpc) is 2.90. The molecule has 0 aliphatic carbocycles. The lowest BCUT2D eigenvalue weighted by Crippen LogP contribution is -2.37. The van der Waals surface area contributed by atoms with Gasteiger partial charge in [0.05, 0.1) is 6.54 Å². The van der Waals surface area contributed by atoms with Gasteiger partial charge in [0.2, 0.25) is 0 Å². The Kier molecular flexibility index (Phi) is 8.32. The normalized spacial score (nSPS) is 11.0. The predicted octanol–water partition coefficient (Wildman–Crippen LogP) is 3.12. The van der Waals surface area contributed by atoms with Crippen LogP contribution in [0.4, 0.5) is 4.39 Å². The Bertz CT molecular complexity index is 598. The lowest BCUT2D eigenvalue weighted by atomic mass is 10.1. The second-order valence-corrected chi connectivity index (χ2v) is 5.91. The van der Waals surface area contributed by atoms with Crippen molar-refractivity contribution in [2.75, 3.05) is 13.6 Å². The zero-order chi connectivity index (χ0) is 15.1. The Morgan fingerprint density at radius 2 is 2.00 bits per heavy atom. The van der Waals surface area contributed by atoms with E-state index < -0.39 is 0 Å². The van der Waals surface area contributed by atoms with E-state index >= 15 is 0 Å². The maximum Gasteiger partial charge on any atom is 0.191 e. The van der Waals surface area contributed by atoms with Gasteiger partial charge in [0.15, 0.2) is 5.96 Å². The largest absolute Gasteiger partial charge is 0.356 e. The number of hydrogen-bond donors (Lipinski definition) is 2. The Labute approximate surface area is 151 Å². The van der Waals surface area contributed by atoms with E-state index in [1.54, 1.807) is 30.5 Å². The lowest BCUT2D eigenvalue weighted by Gasteiger charge is -2.10. The van der Waals surface area contributed by atoms with Crippen LogP contribution in [-0.4, -0.2) is 24.5 Å². The SMILES string of the molecule is CN=C(NCCc1ccc(F)cc1)NCc1ncc(C)s1.I. The standard InChI is InChI=1S/C15H19FN4S.HI/c1-11-9-19-14(21-11)10-20-15(17-2)18-8-7-12-3-5-13(16)6-4-12;/h3-6,9H,7-8,10H2,1-2H3,(H2,17,18,20);1H. The molecule has 0 radical (unpaired) electrons. The fourth-order valence-corrected chi connectivity index (χ4v) is 2.57. The van der Waals surface area contributed by atoms with Crippen molar-refractivity contribution in [2.24, 2.45) is 4.99 Å². The predicted molar refractivity (Wildman–Crippen MR) is 101 cm³/mol. The molecule has 0 aliphatic rings. The number of nitrogens with one attached hydrogen (secondary N) is 2. The first-order chi connectivity index (χ1) is 10.2. The zero-order valence-corrected chi connectivity index (χ0v) is 15.7. The Hall–Kier alpha value is -1.22. The van der Waals surface area contributed by atoms with Gasteiger partial charge in [-0.3, -0.25) is 4.99 Å². The number of hydrogen-bond acceptors (Lipinski definition) is 3. The van der Waals surface area contributed by atoms with Crippen LogP contribution < -0.4 is 10.6 Å². The summed E-state index contributed by atoms with van der Waals surface area (Å²) in [5.41, 5.74) is 1.09. The van der Waals surface area contributed by atoms with Gasteiger partial charge in [0.25, 0.3) is 0 Å². The molecular weight excluding hydrogens is 414 g/mol. The molecule has 0 saturated heterocycles. The first-order valence-corrected chi connectivity index (χ1v) is 7.59. The van der Waals surface area contributed by atoms with Gasteiger partial charge in [0.1, 0.15) is 10.8 Å². The summed E-state index contributed by atoms with van der Waals surface area (Å²) in [6, 6.07) is 6.55. The fraction of sp³-hybridized carbons (Fsp3) is 0.333. The topological polar surface area (TPSA) is 49.3 Å². The van der Waals surface area contributed by atoms with Crippen molar-refractivity contribution in [1.29, 1.82) is 0 Å². The van der Waals surface area contributed by atoms with E-state index in [0.29, 0.717) is 6.54 Å². The number of nitrogens with zero attached hydrogens (tertiary/aromatic N) is 2. The molecule has 0 atom stereocenters. The molecule has 2 aromatic rings. The number of guanidine groups is 1. The van der Waals surface area contributed by atoms with Crippen molar-refractivity contribution in [2.45, 2.75) is 19.9 Å².